The molecule has 7 heteroatoms. The second kappa shape index (κ2) is 9.61. The number of nitrogens with zero attached hydrogens (tertiary/aromatic N) is 1. The maximum absolute atomic E-state index is 12.1. The van der Waals surface area contributed by atoms with Crippen LogP contribution in [0.3, 0.4) is 0 Å². The molecule has 1 saturated heterocycles. The Hall–Kier alpha value is -1.63. The zero-order chi connectivity index (χ0) is 18.2. The first-order chi connectivity index (χ1) is 11.2. The molecule has 1 atom stereocenters. The van der Waals surface area contributed by atoms with Crippen molar-refractivity contribution in [1.82, 2.24) is 10.2 Å². The van der Waals surface area contributed by atoms with Crippen LogP contribution in [0.5, 0.6) is 0 Å². The van der Waals surface area contributed by atoms with Crippen molar-refractivity contribution >= 4 is 17.8 Å². The van der Waals surface area contributed by atoms with Gasteiger partial charge < -0.3 is 20.1 Å². The Morgan fingerprint density at radius 2 is 1.92 bits per heavy atom. The predicted molar refractivity (Wildman–Crippen MR) is 89.6 cm³/mol. The van der Waals surface area contributed by atoms with Crippen LogP contribution in [-0.2, 0) is 19.1 Å². The minimum atomic E-state index is -1.10. The summed E-state index contributed by atoms with van der Waals surface area (Å²) in [6.45, 7) is 6.36. The van der Waals surface area contributed by atoms with Crippen molar-refractivity contribution in [2.24, 2.45) is 0 Å². The molecule has 0 aromatic carbocycles. The molecule has 1 unspecified atom stereocenters. The van der Waals surface area contributed by atoms with Gasteiger partial charge in [0.2, 0.25) is 11.8 Å². The van der Waals surface area contributed by atoms with Crippen LogP contribution in [0.2, 0.25) is 0 Å². The summed E-state index contributed by atoms with van der Waals surface area (Å²) in [4.78, 5) is 37.0. The van der Waals surface area contributed by atoms with Crippen LogP contribution in [0.25, 0.3) is 0 Å². The topological polar surface area (TPSA) is 95.9 Å². The summed E-state index contributed by atoms with van der Waals surface area (Å²) in [7, 11) is 0. The highest BCUT2D eigenvalue weighted by Crippen LogP contribution is 2.12. The van der Waals surface area contributed by atoms with E-state index in [-0.39, 0.29) is 31.1 Å². The largest absolute Gasteiger partial charge is 0.480 e. The van der Waals surface area contributed by atoms with Gasteiger partial charge >= 0.3 is 5.97 Å². The fourth-order valence-corrected chi connectivity index (χ4v) is 2.54. The molecule has 0 radical (unpaired) electrons. The zero-order valence-corrected chi connectivity index (χ0v) is 15.0. The number of carboxylic acid groups (broad SMARTS) is 1. The molecule has 138 valence electrons. The van der Waals surface area contributed by atoms with Crippen LogP contribution >= 0.6 is 0 Å². The third-order valence-electron chi connectivity index (χ3n) is 3.83. The first-order valence-corrected chi connectivity index (χ1v) is 8.63. The van der Waals surface area contributed by atoms with E-state index in [1.807, 2.05) is 20.8 Å². The number of rotatable bonds is 7. The van der Waals surface area contributed by atoms with E-state index in [9.17, 15) is 19.5 Å². The maximum atomic E-state index is 12.1. The molecule has 0 bridgehead atoms. The Labute approximate surface area is 143 Å². The van der Waals surface area contributed by atoms with Crippen LogP contribution in [0.15, 0.2) is 0 Å². The number of carboxylic acids is 1. The molecule has 0 aromatic rings. The molecule has 1 heterocycles. The highest BCUT2D eigenvalue weighted by atomic mass is 16.5. The van der Waals surface area contributed by atoms with Crippen molar-refractivity contribution in [2.45, 2.75) is 70.9 Å². The van der Waals surface area contributed by atoms with Gasteiger partial charge in [-0.25, -0.2) is 4.79 Å². The smallest absolute Gasteiger partial charge is 0.326 e. The first-order valence-electron chi connectivity index (χ1n) is 8.63. The molecule has 2 amide bonds. The average molecular weight is 342 g/mol. The van der Waals surface area contributed by atoms with E-state index in [1.165, 1.54) is 4.90 Å². The molecule has 0 aliphatic carbocycles. The van der Waals surface area contributed by atoms with Gasteiger partial charge in [0.25, 0.3) is 0 Å². The van der Waals surface area contributed by atoms with Crippen molar-refractivity contribution in [3.8, 4) is 0 Å². The van der Waals surface area contributed by atoms with Gasteiger partial charge in [0, 0.05) is 26.0 Å². The third kappa shape index (κ3) is 8.29. The minimum Gasteiger partial charge on any atom is -0.480 e. The van der Waals surface area contributed by atoms with Gasteiger partial charge in [-0.15, -0.1) is 0 Å². The normalized spacial score (nSPS) is 17.8. The van der Waals surface area contributed by atoms with Crippen LogP contribution in [0, 0.1) is 0 Å². The number of aliphatic carboxylic acids is 1. The summed E-state index contributed by atoms with van der Waals surface area (Å²) in [6, 6.07) is -1.01. The average Bonchev–Trinajstić information content (AvgIpc) is 2.44. The number of carbonyl (C=O) groups is 3. The number of hydrogen-bond acceptors (Lipinski definition) is 4. The lowest BCUT2D eigenvalue weighted by Crippen LogP contribution is -2.47. The second-order valence-electron chi connectivity index (χ2n) is 7.19. The molecule has 24 heavy (non-hydrogen) atoms. The summed E-state index contributed by atoms with van der Waals surface area (Å²) in [5.74, 6) is -1.57. The van der Waals surface area contributed by atoms with Gasteiger partial charge in [0.15, 0.2) is 0 Å². The van der Waals surface area contributed by atoms with Crippen molar-refractivity contribution in [3.63, 3.8) is 0 Å². The van der Waals surface area contributed by atoms with Crippen molar-refractivity contribution in [3.05, 3.63) is 0 Å². The van der Waals surface area contributed by atoms with E-state index < -0.39 is 17.9 Å². The summed E-state index contributed by atoms with van der Waals surface area (Å²) < 4.78 is 5.51. The standard InChI is InChI=1S/C17H30N2O5/c1-17(2,3)24-11-9-13(16(22)23)18-14(20)12-19-10-7-5-4-6-8-15(19)21/h13H,4-12H2,1-3H3,(H,18,20)(H,22,23). The second-order valence-corrected chi connectivity index (χ2v) is 7.19. The Kier molecular flexibility index (Phi) is 8.18. The van der Waals surface area contributed by atoms with E-state index in [1.54, 1.807) is 0 Å². The lowest BCUT2D eigenvalue weighted by molar-refractivity contribution is -0.143. The fraction of sp³-hybridized carbons (Fsp3) is 0.824. The molecular weight excluding hydrogens is 312 g/mol. The van der Waals surface area contributed by atoms with E-state index in [0.29, 0.717) is 13.0 Å². The maximum Gasteiger partial charge on any atom is 0.326 e. The SMILES string of the molecule is CC(C)(C)OCCC(NC(=O)CN1CCCCCCC1=O)C(=O)O. The third-order valence-corrected chi connectivity index (χ3v) is 3.83. The van der Waals surface area contributed by atoms with Gasteiger partial charge in [0.05, 0.1) is 12.1 Å². The van der Waals surface area contributed by atoms with Gasteiger partial charge in [0.1, 0.15) is 6.04 Å². The van der Waals surface area contributed by atoms with Crippen LogP contribution in [0.4, 0.5) is 0 Å². The van der Waals surface area contributed by atoms with Crippen LogP contribution in [0.1, 0.15) is 59.3 Å². The zero-order valence-electron chi connectivity index (χ0n) is 15.0. The number of nitrogens with one attached hydrogen (secondary N) is 1. The van der Waals surface area contributed by atoms with E-state index in [2.05, 4.69) is 5.32 Å². The molecule has 1 aliphatic heterocycles. The van der Waals surface area contributed by atoms with Gasteiger partial charge in [-0.2, -0.15) is 0 Å². The highest BCUT2D eigenvalue weighted by molar-refractivity contribution is 5.87. The number of ether oxygens (including phenoxy) is 1. The molecular formula is C17H30N2O5. The molecule has 1 fully saturated rings. The molecule has 0 saturated carbocycles. The quantitative estimate of drug-likeness (QED) is 0.732. The lowest BCUT2D eigenvalue weighted by atomic mass is 10.1. The molecule has 1 rings (SSSR count). The summed E-state index contributed by atoms with van der Waals surface area (Å²) in [6.07, 6.45) is 4.45. The molecule has 0 spiro atoms. The lowest BCUT2D eigenvalue weighted by Gasteiger charge is -2.25. The number of likely N-dealkylation sites (tertiary alicyclic amines) is 1. The van der Waals surface area contributed by atoms with Crippen LogP contribution < -0.4 is 5.32 Å². The van der Waals surface area contributed by atoms with Crippen molar-refractivity contribution < 1.29 is 24.2 Å². The monoisotopic (exact) mass is 342 g/mol. The Morgan fingerprint density at radius 1 is 1.25 bits per heavy atom. The van der Waals surface area contributed by atoms with Gasteiger partial charge in [-0.3, -0.25) is 9.59 Å². The Morgan fingerprint density at radius 3 is 2.54 bits per heavy atom. The predicted octanol–water partition coefficient (Wildman–Crippen LogP) is 1.55. The van der Waals surface area contributed by atoms with Gasteiger partial charge in [-0.1, -0.05) is 12.8 Å². The Bertz CT molecular complexity index is 445. The van der Waals surface area contributed by atoms with Crippen LogP contribution in [-0.4, -0.2) is 59.1 Å². The number of hydrogen-bond donors (Lipinski definition) is 2. The molecule has 1 aliphatic rings. The first kappa shape index (κ1) is 20.4. The number of amides is 2. The highest BCUT2D eigenvalue weighted by Gasteiger charge is 2.24. The van der Waals surface area contributed by atoms with E-state index >= 15 is 0 Å². The Balaban J connectivity index is 2.48. The van der Waals surface area contributed by atoms with Crippen molar-refractivity contribution in [1.29, 1.82) is 0 Å². The number of carbonyl (C=O) groups excluding carboxylic acids is 2. The minimum absolute atomic E-state index is 0.0345. The van der Waals surface area contributed by atoms with E-state index in [0.717, 1.165) is 25.7 Å². The molecule has 2 N–H and O–H groups in total. The summed E-state index contributed by atoms with van der Waals surface area (Å²) >= 11 is 0. The molecule has 7 nitrogen and oxygen atoms in total. The fourth-order valence-electron chi connectivity index (χ4n) is 2.54. The van der Waals surface area contributed by atoms with Crippen molar-refractivity contribution in [2.75, 3.05) is 19.7 Å². The van der Waals surface area contributed by atoms with E-state index in [4.69, 9.17) is 4.74 Å². The molecule has 0 aromatic heterocycles. The summed E-state index contributed by atoms with van der Waals surface area (Å²) in [5.41, 5.74) is -0.357. The van der Waals surface area contributed by atoms with Gasteiger partial charge in [-0.05, 0) is 33.6 Å². The summed E-state index contributed by atoms with van der Waals surface area (Å²) in [5, 5.41) is 11.7.